The maximum Gasteiger partial charge on any atom is 0.257 e. The van der Waals surface area contributed by atoms with Gasteiger partial charge in [0.15, 0.2) is 6.10 Å². The molecule has 0 unspecified atom stereocenters. The topological polar surface area (TPSA) is 80.0 Å². The van der Waals surface area contributed by atoms with Gasteiger partial charge in [0.05, 0.1) is 6.04 Å². The zero-order valence-corrected chi connectivity index (χ0v) is 14.1. The van der Waals surface area contributed by atoms with Crippen molar-refractivity contribution in [1.82, 2.24) is 14.5 Å². The number of aromatic nitrogens is 3. The van der Waals surface area contributed by atoms with E-state index in [1.807, 2.05) is 37.4 Å². The van der Waals surface area contributed by atoms with E-state index in [4.69, 9.17) is 0 Å². The van der Waals surface area contributed by atoms with Crippen LogP contribution in [0.25, 0.3) is 0 Å². The summed E-state index contributed by atoms with van der Waals surface area (Å²) in [4.78, 5) is 20.3. The fourth-order valence-corrected chi connectivity index (χ4v) is 2.70. The molecule has 0 saturated carbocycles. The quantitative estimate of drug-likeness (QED) is 0.751. The molecular weight excluding hydrogens is 316 g/mol. The SMILES string of the molecule is Cc1nccn1[C@H](C)c1ccc(NC(=O)[C@H](O)c2cccnc2)cc1. The van der Waals surface area contributed by atoms with Crippen molar-refractivity contribution in [3.05, 3.63) is 78.1 Å². The monoisotopic (exact) mass is 336 g/mol. The first-order valence-electron chi connectivity index (χ1n) is 8.04. The Morgan fingerprint density at radius 2 is 1.92 bits per heavy atom. The number of carbonyl (C=O) groups excluding carboxylic acids is 1. The van der Waals surface area contributed by atoms with Crippen molar-refractivity contribution in [2.24, 2.45) is 0 Å². The molecule has 1 aromatic carbocycles. The fraction of sp³-hybridized carbons (Fsp3) is 0.211. The molecule has 2 atom stereocenters. The van der Waals surface area contributed by atoms with Gasteiger partial charge in [0.25, 0.3) is 5.91 Å². The maximum absolute atomic E-state index is 12.2. The lowest BCUT2D eigenvalue weighted by Crippen LogP contribution is -2.20. The van der Waals surface area contributed by atoms with Gasteiger partial charge >= 0.3 is 0 Å². The van der Waals surface area contributed by atoms with Gasteiger partial charge in [0, 0.05) is 36.0 Å². The fourth-order valence-electron chi connectivity index (χ4n) is 2.70. The van der Waals surface area contributed by atoms with Gasteiger partial charge in [-0.1, -0.05) is 18.2 Å². The minimum absolute atomic E-state index is 0.147. The summed E-state index contributed by atoms with van der Waals surface area (Å²) >= 11 is 0. The molecule has 0 aliphatic heterocycles. The number of rotatable bonds is 5. The number of aliphatic hydroxyl groups is 1. The van der Waals surface area contributed by atoms with Gasteiger partial charge in [-0.2, -0.15) is 0 Å². The van der Waals surface area contributed by atoms with E-state index < -0.39 is 12.0 Å². The molecule has 0 aliphatic carbocycles. The number of pyridine rings is 1. The molecule has 6 nitrogen and oxygen atoms in total. The Morgan fingerprint density at radius 1 is 1.16 bits per heavy atom. The molecule has 25 heavy (non-hydrogen) atoms. The van der Waals surface area contributed by atoms with E-state index in [0.717, 1.165) is 11.4 Å². The van der Waals surface area contributed by atoms with E-state index in [2.05, 4.69) is 26.8 Å². The van der Waals surface area contributed by atoms with Crippen LogP contribution in [0.2, 0.25) is 0 Å². The van der Waals surface area contributed by atoms with Crippen LogP contribution in [-0.2, 0) is 4.79 Å². The van der Waals surface area contributed by atoms with Crippen LogP contribution in [0.1, 0.15) is 36.0 Å². The van der Waals surface area contributed by atoms with Crippen LogP contribution in [0.4, 0.5) is 5.69 Å². The Bertz CT molecular complexity index is 843. The van der Waals surface area contributed by atoms with Crippen LogP contribution < -0.4 is 5.32 Å². The number of hydrogen-bond acceptors (Lipinski definition) is 4. The predicted octanol–water partition coefficient (Wildman–Crippen LogP) is 2.87. The number of carbonyl (C=O) groups is 1. The van der Waals surface area contributed by atoms with Gasteiger partial charge in [-0.05, 0) is 37.6 Å². The van der Waals surface area contributed by atoms with Gasteiger partial charge in [0.2, 0.25) is 0 Å². The summed E-state index contributed by atoms with van der Waals surface area (Å²) in [5, 5.41) is 12.8. The molecule has 3 aromatic rings. The van der Waals surface area contributed by atoms with Gasteiger partial charge in [-0.25, -0.2) is 4.98 Å². The molecule has 2 aromatic heterocycles. The van der Waals surface area contributed by atoms with E-state index in [0.29, 0.717) is 11.3 Å². The van der Waals surface area contributed by atoms with Crippen molar-refractivity contribution in [3.8, 4) is 0 Å². The van der Waals surface area contributed by atoms with E-state index in [1.165, 1.54) is 6.20 Å². The molecule has 3 rings (SSSR count). The van der Waals surface area contributed by atoms with Gasteiger partial charge < -0.3 is 15.0 Å². The molecule has 0 bridgehead atoms. The van der Waals surface area contributed by atoms with Crippen LogP contribution in [0.15, 0.2) is 61.2 Å². The van der Waals surface area contributed by atoms with Crippen molar-refractivity contribution in [2.75, 3.05) is 5.32 Å². The molecule has 0 spiro atoms. The van der Waals surface area contributed by atoms with E-state index in [1.54, 1.807) is 24.5 Å². The summed E-state index contributed by atoms with van der Waals surface area (Å²) in [6.07, 6.45) is 5.54. The molecular formula is C19H20N4O2. The summed E-state index contributed by atoms with van der Waals surface area (Å²) in [6, 6.07) is 11.0. The largest absolute Gasteiger partial charge is 0.378 e. The van der Waals surface area contributed by atoms with E-state index in [-0.39, 0.29) is 6.04 Å². The normalized spacial score (nSPS) is 13.2. The summed E-state index contributed by atoms with van der Waals surface area (Å²) in [5.74, 6) is 0.462. The average molecular weight is 336 g/mol. The van der Waals surface area contributed by atoms with Crippen molar-refractivity contribution in [1.29, 1.82) is 0 Å². The lowest BCUT2D eigenvalue weighted by atomic mass is 10.1. The zero-order valence-electron chi connectivity index (χ0n) is 14.1. The summed E-state index contributed by atoms with van der Waals surface area (Å²) in [7, 11) is 0. The van der Waals surface area contributed by atoms with Gasteiger partial charge in [0.1, 0.15) is 5.82 Å². The summed E-state index contributed by atoms with van der Waals surface area (Å²) in [5.41, 5.74) is 2.19. The van der Waals surface area contributed by atoms with Crippen LogP contribution in [-0.4, -0.2) is 25.5 Å². The maximum atomic E-state index is 12.2. The van der Waals surface area contributed by atoms with Crippen molar-refractivity contribution < 1.29 is 9.90 Å². The molecule has 0 fully saturated rings. The predicted molar refractivity (Wildman–Crippen MR) is 95.0 cm³/mol. The third-order valence-corrected chi connectivity index (χ3v) is 4.19. The molecule has 2 N–H and O–H groups in total. The van der Waals surface area contributed by atoms with Gasteiger partial charge in [-0.3, -0.25) is 9.78 Å². The van der Waals surface area contributed by atoms with Crippen molar-refractivity contribution >= 4 is 11.6 Å². The second-order valence-electron chi connectivity index (χ2n) is 5.86. The number of aliphatic hydroxyl groups excluding tert-OH is 1. The highest BCUT2D eigenvalue weighted by molar-refractivity contribution is 5.94. The average Bonchev–Trinajstić information content (AvgIpc) is 3.07. The van der Waals surface area contributed by atoms with Crippen LogP contribution >= 0.6 is 0 Å². The summed E-state index contributed by atoms with van der Waals surface area (Å²) < 4.78 is 2.08. The van der Waals surface area contributed by atoms with Crippen LogP contribution in [0.5, 0.6) is 0 Å². The molecule has 6 heteroatoms. The molecule has 1 amide bonds. The number of amides is 1. The first kappa shape index (κ1) is 16.9. The number of nitrogens with zero attached hydrogens (tertiary/aromatic N) is 3. The smallest absolute Gasteiger partial charge is 0.257 e. The van der Waals surface area contributed by atoms with E-state index >= 15 is 0 Å². The Balaban J connectivity index is 1.68. The number of benzene rings is 1. The number of nitrogens with one attached hydrogen (secondary N) is 1. The second-order valence-corrected chi connectivity index (χ2v) is 5.86. The number of hydrogen-bond donors (Lipinski definition) is 2. The number of aryl methyl sites for hydroxylation is 1. The highest BCUT2D eigenvalue weighted by Crippen LogP contribution is 2.22. The minimum Gasteiger partial charge on any atom is -0.378 e. The standard InChI is InChI=1S/C19H20N4O2/c1-13(23-11-10-21-14(23)2)15-5-7-17(8-6-15)22-19(25)18(24)16-4-3-9-20-12-16/h3-13,18,24H,1-2H3,(H,22,25)/t13-,18-/m1/s1. The molecule has 128 valence electrons. The zero-order chi connectivity index (χ0) is 17.8. The van der Waals surface area contributed by atoms with E-state index in [9.17, 15) is 9.90 Å². The number of imidazole rings is 1. The van der Waals surface area contributed by atoms with Crippen LogP contribution in [0, 0.1) is 6.92 Å². The van der Waals surface area contributed by atoms with Crippen LogP contribution in [0.3, 0.4) is 0 Å². The molecule has 2 heterocycles. The van der Waals surface area contributed by atoms with Crippen molar-refractivity contribution in [2.45, 2.75) is 26.0 Å². The third-order valence-electron chi connectivity index (χ3n) is 4.19. The highest BCUT2D eigenvalue weighted by atomic mass is 16.3. The molecule has 0 aliphatic rings. The number of anilines is 1. The Hall–Kier alpha value is -2.99. The second kappa shape index (κ2) is 7.27. The summed E-state index contributed by atoms with van der Waals surface area (Å²) in [6.45, 7) is 4.05. The Labute approximate surface area is 146 Å². The lowest BCUT2D eigenvalue weighted by Gasteiger charge is -2.16. The first-order chi connectivity index (χ1) is 12.1. The highest BCUT2D eigenvalue weighted by Gasteiger charge is 2.17. The third kappa shape index (κ3) is 3.75. The Kier molecular flexibility index (Phi) is 4.90. The van der Waals surface area contributed by atoms with Gasteiger partial charge in [-0.15, -0.1) is 0 Å². The molecule has 0 radical (unpaired) electrons. The lowest BCUT2D eigenvalue weighted by molar-refractivity contribution is -0.124. The van der Waals surface area contributed by atoms with Crippen molar-refractivity contribution in [3.63, 3.8) is 0 Å². The molecule has 0 saturated heterocycles. The first-order valence-corrected chi connectivity index (χ1v) is 8.04. The Morgan fingerprint density at radius 3 is 2.52 bits per heavy atom. The minimum atomic E-state index is -1.25.